The van der Waals surface area contributed by atoms with Crippen LogP contribution >= 0.6 is 0 Å². The van der Waals surface area contributed by atoms with Crippen molar-refractivity contribution in [3.63, 3.8) is 0 Å². The molecule has 1 N–H and O–H groups in total. The Morgan fingerprint density at radius 2 is 2.38 bits per heavy atom. The minimum Gasteiger partial charge on any atom is -0.287 e. The molecule has 0 radical (unpaired) electrons. The largest absolute Gasteiger partial charge is 0.287 e. The molecule has 13 heavy (non-hydrogen) atoms. The lowest BCUT2D eigenvalue weighted by molar-refractivity contribution is 0.669. The molecular formula is C11H20N2. The first-order valence-electron chi connectivity index (χ1n) is 5.35. The summed E-state index contributed by atoms with van der Waals surface area (Å²) in [6.45, 7) is 3.16. The number of nitrogens with zero attached hydrogens (tertiary/aromatic N) is 1. The van der Waals surface area contributed by atoms with Crippen molar-refractivity contribution in [2.24, 2.45) is 4.99 Å². The van der Waals surface area contributed by atoms with Crippen LogP contribution in [0.5, 0.6) is 0 Å². The Morgan fingerprint density at radius 1 is 1.46 bits per heavy atom. The molecular weight excluding hydrogens is 160 g/mol. The molecule has 0 fully saturated rings. The second-order valence-corrected chi connectivity index (χ2v) is 3.46. The highest BCUT2D eigenvalue weighted by Crippen LogP contribution is 2.03. The van der Waals surface area contributed by atoms with Crippen molar-refractivity contribution in [2.45, 2.75) is 45.2 Å². The molecule has 1 atom stereocenters. The SMILES string of the molecule is CCCCCC/C=C/C1N=CCN1. The number of aliphatic imine (C=N–C) groups is 1. The number of hydrogen-bond acceptors (Lipinski definition) is 2. The second-order valence-electron chi connectivity index (χ2n) is 3.46. The van der Waals surface area contributed by atoms with Crippen LogP contribution in [0.25, 0.3) is 0 Å². The highest BCUT2D eigenvalue weighted by atomic mass is 15.1. The van der Waals surface area contributed by atoms with Crippen molar-refractivity contribution >= 4 is 6.21 Å². The summed E-state index contributed by atoms with van der Waals surface area (Å²) in [5.41, 5.74) is 0. The minimum absolute atomic E-state index is 0.256. The van der Waals surface area contributed by atoms with E-state index in [1.807, 2.05) is 6.21 Å². The molecule has 1 heterocycles. The van der Waals surface area contributed by atoms with E-state index < -0.39 is 0 Å². The number of hydrogen-bond donors (Lipinski definition) is 1. The predicted octanol–water partition coefficient (Wildman–Crippen LogP) is 2.51. The summed E-state index contributed by atoms with van der Waals surface area (Å²) in [4.78, 5) is 4.25. The highest BCUT2D eigenvalue weighted by Gasteiger charge is 2.02. The second kappa shape index (κ2) is 6.84. The lowest BCUT2D eigenvalue weighted by atomic mass is 10.1. The smallest absolute Gasteiger partial charge is 0.118 e. The molecule has 0 aliphatic carbocycles. The number of nitrogens with one attached hydrogen (secondary N) is 1. The summed E-state index contributed by atoms with van der Waals surface area (Å²) in [6, 6.07) is 0. The Labute approximate surface area is 81.1 Å². The van der Waals surface area contributed by atoms with Gasteiger partial charge in [0.05, 0.1) is 0 Å². The monoisotopic (exact) mass is 180 g/mol. The Balaban J connectivity index is 1.95. The van der Waals surface area contributed by atoms with E-state index in [9.17, 15) is 0 Å². The molecule has 2 heteroatoms. The molecule has 1 rings (SSSR count). The summed E-state index contributed by atoms with van der Waals surface area (Å²) in [5.74, 6) is 0. The van der Waals surface area contributed by atoms with E-state index in [-0.39, 0.29) is 6.17 Å². The van der Waals surface area contributed by atoms with Crippen LogP contribution in [0.15, 0.2) is 17.1 Å². The van der Waals surface area contributed by atoms with Gasteiger partial charge in [-0.1, -0.05) is 32.3 Å². The van der Waals surface area contributed by atoms with Gasteiger partial charge in [-0.3, -0.25) is 10.3 Å². The molecule has 1 aliphatic rings. The third-order valence-corrected chi connectivity index (χ3v) is 2.23. The average Bonchev–Trinajstić information content (AvgIpc) is 2.63. The van der Waals surface area contributed by atoms with E-state index in [1.165, 1.54) is 32.1 Å². The standard InChI is InChI=1S/C11H20N2/c1-2-3-4-5-6-7-8-11-12-9-10-13-11/h7-9,11,13H,2-6,10H2,1H3/b8-7+. The fourth-order valence-corrected chi connectivity index (χ4v) is 1.42. The Hall–Kier alpha value is -0.630. The first-order chi connectivity index (χ1) is 6.43. The third-order valence-electron chi connectivity index (χ3n) is 2.23. The number of unbranched alkanes of at least 4 members (excludes halogenated alkanes) is 4. The maximum Gasteiger partial charge on any atom is 0.118 e. The molecule has 0 bridgehead atoms. The molecule has 0 aromatic rings. The zero-order valence-electron chi connectivity index (χ0n) is 8.50. The summed E-state index contributed by atoms with van der Waals surface area (Å²) >= 11 is 0. The van der Waals surface area contributed by atoms with Crippen LogP contribution in [0.1, 0.15) is 39.0 Å². The van der Waals surface area contributed by atoms with Gasteiger partial charge in [-0.15, -0.1) is 0 Å². The first-order valence-corrected chi connectivity index (χ1v) is 5.35. The van der Waals surface area contributed by atoms with Gasteiger partial charge in [0.15, 0.2) is 0 Å². The Morgan fingerprint density at radius 3 is 3.08 bits per heavy atom. The van der Waals surface area contributed by atoms with Gasteiger partial charge in [-0.2, -0.15) is 0 Å². The number of allylic oxidation sites excluding steroid dienone is 1. The van der Waals surface area contributed by atoms with E-state index in [4.69, 9.17) is 0 Å². The maximum absolute atomic E-state index is 4.25. The Bertz CT molecular complexity index is 173. The number of rotatable bonds is 6. The molecule has 1 aliphatic heterocycles. The zero-order valence-corrected chi connectivity index (χ0v) is 8.50. The van der Waals surface area contributed by atoms with Crippen LogP contribution in [0, 0.1) is 0 Å². The molecule has 0 saturated heterocycles. The molecule has 0 aromatic carbocycles. The molecule has 74 valence electrons. The van der Waals surface area contributed by atoms with Gasteiger partial charge in [0, 0.05) is 12.8 Å². The van der Waals surface area contributed by atoms with E-state index in [0.717, 1.165) is 6.54 Å². The summed E-state index contributed by atoms with van der Waals surface area (Å²) < 4.78 is 0. The van der Waals surface area contributed by atoms with Gasteiger partial charge in [0.1, 0.15) is 6.17 Å². The quantitative estimate of drug-likeness (QED) is 0.493. The van der Waals surface area contributed by atoms with Crippen molar-refractivity contribution in [3.8, 4) is 0 Å². The van der Waals surface area contributed by atoms with Gasteiger partial charge in [0.2, 0.25) is 0 Å². The fourth-order valence-electron chi connectivity index (χ4n) is 1.42. The van der Waals surface area contributed by atoms with Crippen LogP contribution in [0.2, 0.25) is 0 Å². The van der Waals surface area contributed by atoms with Crippen molar-refractivity contribution in [3.05, 3.63) is 12.2 Å². The normalized spacial score (nSPS) is 21.8. The first kappa shape index (κ1) is 10.5. The van der Waals surface area contributed by atoms with Gasteiger partial charge in [-0.05, 0) is 18.9 Å². The van der Waals surface area contributed by atoms with E-state index in [2.05, 4.69) is 29.4 Å². The van der Waals surface area contributed by atoms with Gasteiger partial charge >= 0.3 is 0 Å². The Kier molecular flexibility index (Phi) is 5.50. The van der Waals surface area contributed by atoms with Crippen LogP contribution in [-0.4, -0.2) is 18.9 Å². The maximum atomic E-state index is 4.25. The van der Waals surface area contributed by atoms with Crippen LogP contribution in [0.4, 0.5) is 0 Å². The summed E-state index contributed by atoms with van der Waals surface area (Å²) in [5, 5.41) is 3.25. The van der Waals surface area contributed by atoms with Crippen molar-refractivity contribution < 1.29 is 0 Å². The molecule has 2 nitrogen and oxygen atoms in total. The molecule has 0 aromatic heterocycles. The van der Waals surface area contributed by atoms with Gasteiger partial charge in [-0.25, -0.2) is 0 Å². The fraction of sp³-hybridized carbons (Fsp3) is 0.727. The van der Waals surface area contributed by atoms with E-state index in [0.29, 0.717) is 0 Å². The van der Waals surface area contributed by atoms with Crippen molar-refractivity contribution in [1.29, 1.82) is 0 Å². The molecule has 0 amide bonds. The van der Waals surface area contributed by atoms with Gasteiger partial charge in [0.25, 0.3) is 0 Å². The topological polar surface area (TPSA) is 24.4 Å². The van der Waals surface area contributed by atoms with E-state index >= 15 is 0 Å². The van der Waals surface area contributed by atoms with E-state index in [1.54, 1.807) is 0 Å². The van der Waals surface area contributed by atoms with Gasteiger partial charge < -0.3 is 0 Å². The van der Waals surface area contributed by atoms with Crippen molar-refractivity contribution in [2.75, 3.05) is 6.54 Å². The average molecular weight is 180 g/mol. The lowest BCUT2D eigenvalue weighted by Crippen LogP contribution is -2.19. The highest BCUT2D eigenvalue weighted by molar-refractivity contribution is 5.62. The van der Waals surface area contributed by atoms with Crippen LogP contribution < -0.4 is 5.32 Å². The zero-order chi connectivity index (χ0) is 9.36. The third kappa shape index (κ3) is 4.83. The predicted molar refractivity (Wildman–Crippen MR) is 58.2 cm³/mol. The van der Waals surface area contributed by atoms with Crippen molar-refractivity contribution in [1.82, 2.24) is 5.32 Å². The van der Waals surface area contributed by atoms with Crippen LogP contribution in [0.3, 0.4) is 0 Å². The summed E-state index contributed by atoms with van der Waals surface area (Å²) in [7, 11) is 0. The lowest BCUT2D eigenvalue weighted by Gasteiger charge is -1.99. The minimum atomic E-state index is 0.256. The molecule has 1 unspecified atom stereocenters. The summed E-state index contributed by atoms with van der Waals surface area (Å²) in [6.07, 6.45) is 13.2. The van der Waals surface area contributed by atoms with Crippen LogP contribution in [-0.2, 0) is 0 Å². The molecule has 0 saturated carbocycles. The molecule has 0 spiro atoms.